The topological polar surface area (TPSA) is 105 Å². The molecule has 0 fully saturated rings. The Morgan fingerprint density at radius 1 is 1.63 bits per heavy atom. The lowest BCUT2D eigenvalue weighted by Crippen LogP contribution is -2.17. The number of aromatic nitrogens is 2. The van der Waals surface area contributed by atoms with E-state index < -0.39 is 5.97 Å². The molecule has 19 heavy (non-hydrogen) atoms. The van der Waals surface area contributed by atoms with Crippen molar-refractivity contribution in [2.45, 2.75) is 44.6 Å². The summed E-state index contributed by atoms with van der Waals surface area (Å²) in [7, 11) is 0. The summed E-state index contributed by atoms with van der Waals surface area (Å²) in [5.74, 6) is -0.799. The van der Waals surface area contributed by atoms with Crippen molar-refractivity contribution >= 4 is 5.97 Å². The van der Waals surface area contributed by atoms with Crippen LogP contribution in [0.1, 0.15) is 53.3 Å². The third-order valence-electron chi connectivity index (χ3n) is 3.63. The first-order chi connectivity index (χ1) is 9.19. The molecule has 1 aliphatic rings. The second-order valence-corrected chi connectivity index (χ2v) is 4.81. The largest absolute Gasteiger partial charge is 0.476 e. The Morgan fingerprint density at radius 3 is 3.05 bits per heavy atom. The van der Waals surface area contributed by atoms with Crippen molar-refractivity contribution in [3.63, 3.8) is 0 Å². The number of hydrogen-bond donors (Lipinski definition) is 2. The Bertz CT molecular complexity index is 515. The number of nitriles is 1. The molecular weight excluding hydrogens is 244 g/mol. The van der Waals surface area contributed by atoms with Crippen molar-refractivity contribution in [3.8, 4) is 6.07 Å². The van der Waals surface area contributed by atoms with Crippen LogP contribution in [0, 0.1) is 11.3 Å². The van der Waals surface area contributed by atoms with Crippen LogP contribution in [0.15, 0.2) is 0 Å². The minimum absolute atomic E-state index is 0.145. The lowest BCUT2D eigenvalue weighted by Gasteiger charge is -2.23. The van der Waals surface area contributed by atoms with E-state index >= 15 is 0 Å². The van der Waals surface area contributed by atoms with Gasteiger partial charge in [-0.1, -0.05) is 0 Å². The summed E-state index contributed by atoms with van der Waals surface area (Å²) >= 11 is 0. The highest BCUT2D eigenvalue weighted by Gasteiger charge is 2.30. The molecule has 1 aromatic rings. The molecule has 0 saturated carbocycles. The van der Waals surface area contributed by atoms with Gasteiger partial charge in [-0.15, -0.1) is 0 Å². The SMILES string of the molecule is N#CCCn1nc(C(=O)O)c2c1CCCC2CCN. The van der Waals surface area contributed by atoms with Gasteiger partial charge in [-0.2, -0.15) is 10.4 Å². The Balaban J connectivity index is 2.43. The van der Waals surface area contributed by atoms with Crippen molar-refractivity contribution in [3.05, 3.63) is 17.0 Å². The van der Waals surface area contributed by atoms with Gasteiger partial charge in [0.2, 0.25) is 0 Å². The molecule has 0 spiro atoms. The van der Waals surface area contributed by atoms with Gasteiger partial charge >= 0.3 is 5.97 Å². The molecule has 0 aliphatic heterocycles. The van der Waals surface area contributed by atoms with Gasteiger partial charge in [-0.05, 0) is 38.1 Å². The third-order valence-corrected chi connectivity index (χ3v) is 3.63. The second-order valence-electron chi connectivity index (χ2n) is 4.81. The first kappa shape index (κ1) is 13.6. The minimum Gasteiger partial charge on any atom is -0.476 e. The van der Waals surface area contributed by atoms with Crippen LogP contribution in [0.4, 0.5) is 0 Å². The Hall–Kier alpha value is -1.87. The molecule has 1 heterocycles. The van der Waals surface area contributed by atoms with E-state index in [0.717, 1.165) is 36.9 Å². The van der Waals surface area contributed by atoms with E-state index in [1.807, 2.05) is 0 Å². The number of fused-ring (bicyclic) bond motifs is 1. The smallest absolute Gasteiger partial charge is 0.356 e. The summed E-state index contributed by atoms with van der Waals surface area (Å²) in [5, 5.41) is 22.1. The molecule has 3 N–H and O–H groups in total. The fraction of sp³-hybridized carbons (Fsp3) is 0.615. The number of aromatic carboxylic acids is 1. The molecule has 0 radical (unpaired) electrons. The summed E-state index contributed by atoms with van der Waals surface area (Å²) in [4.78, 5) is 11.3. The van der Waals surface area contributed by atoms with E-state index in [4.69, 9.17) is 11.0 Å². The predicted molar refractivity (Wildman–Crippen MR) is 68.8 cm³/mol. The fourth-order valence-corrected chi connectivity index (χ4v) is 2.85. The van der Waals surface area contributed by atoms with Crippen LogP contribution in [0.5, 0.6) is 0 Å². The van der Waals surface area contributed by atoms with Crippen LogP contribution in [0.3, 0.4) is 0 Å². The highest BCUT2D eigenvalue weighted by atomic mass is 16.4. The van der Waals surface area contributed by atoms with E-state index in [2.05, 4.69) is 11.2 Å². The van der Waals surface area contributed by atoms with Gasteiger partial charge in [0.05, 0.1) is 19.0 Å². The quantitative estimate of drug-likeness (QED) is 0.831. The van der Waals surface area contributed by atoms with E-state index in [1.165, 1.54) is 0 Å². The standard InChI is InChI=1S/C13H18N4O2/c14-6-2-8-17-10-4-1-3-9(5-7-15)11(10)12(16-17)13(18)19/h9H,1-5,7-8,15H2,(H,18,19). The molecule has 2 rings (SSSR count). The first-order valence-corrected chi connectivity index (χ1v) is 6.59. The minimum atomic E-state index is -0.990. The molecular formula is C13H18N4O2. The summed E-state index contributed by atoms with van der Waals surface area (Å²) in [6.07, 6.45) is 3.96. The normalized spacial score (nSPS) is 17.8. The van der Waals surface area contributed by atoms with Crippen molar-refractivity contribution in [2.24, 2.45) is 5.73 Å². The van der Waals surface area contributed by atoms with Gasteiger partial charge < -0.3 is 10.8 Å². The molecule has 1 aromatic heterocycles. The molecule has 1 aliphatic carbocycles. The van der Waals surface area contributed by atoms with Crippen LogP contribution in [-0.4, -0.2) is 27.4 Å². The molecule has 6 heteroatoms. The highest BCUT2D eigenvalue weighted by Crippen LogP contribution is 2.36. The van der Waals surface area contributed by atoms with E-state index in [-0.39, 0.29) is 11.6 Å². The number of carboxylic acid groups (broad SMARTS) is 1. The summed E-state index contributed by atoms with van der Waals surface area (Å²) < 4.78 is 1.70. The van der Waals surface area contributed by atoms with E-state index in [1.54, 1.807) is 4.68 Å². The number of nitrogens with zero attached hydrogens (tertiary/aromatic N) is 3. The zero-order valence-electron chi connectivity index (χ0n) is 10.8. The van der Waals surface area contributed by atoms with Gasteiger partial charge in [0.1, 0.15) is 0 Å². The van der Waals surface area contributed by atoms with Gasteiger partial charge in [-0.3, -0.25) is 4.68 Å². The molecule has 0 amide bonds. The maximum atomic E-state index is 11.3. The number of aryl methyl sites for hydroxylation is 1. The van der Waals surface area contributed by atoms with Crippen LogP contribution < -0.4 is 5.73 Å². The average Bonchev–Trinajstić information content (AvgIpc) is 2.77. The summed E-state index contributed by atoms with van der Waals surface area (Å²) in [6, 6.07) is 2.07. The average molecular weight is 262 g/mol. The lowest BCUT2D eigenvalue weighted by molar-refractivity contribution is 0.0687. The molecule has 0 bridgehead atoms. The van der Waals surface area contributed by atoms with Gasteiger partial charge in [0, 0.05) is 11.3 Å². The van der Waals surface area contributed by atoms with Crippen molar-refractivity contribution < 1.29 is 9.90 Å². The number of nitrogens with two attached hydrogens (primary N) is 1. The number of carboxylic acids is 1. The Morgan fingerprint density at radius 2 is 2.42 bits per heavy atom. The lowest BCUT2D eigenvalue weighted by atomic mass is 9.83. The van der Waals surface area contributed by atoms with Crippen molar-refractivity contribution in [1.82, 2.24) is 9.78 Å². The zero-order valence-corrected chi connectivity index (χ0v) is 10.8. The number of hydrogen-bond acceptors (Lipinski definition) is 4. The second kappa shape index (κ2) is 5.85. The van der Waals surface area contributed by atoms with E-state index in [9.17, 15) is 9.90 Å². The van der Waals surface area contributed by atoms with E-state index in [0.29, 0.717) is 19.5 Å². The third kappa shape index (κ3) is 2.61. The van der Waals surface area contributed by atoms with Gasteiger partial charge in [0.15, 0.2) is 5.69 Å². The molecule has 1 unspecified atom stereocenters. The Labute approximate surface area is 111 Å². The zero-order chi connectivity index (χ0) is 13.8. The van der Waals surface area contributed by atoms with Gasteiger partial charge in [-0.25, -0.2) is 4.79 Å². The fourth-order valence-electron chi connectivity index (χ4n) is 2.85. The number of carbonyl (C=O) groups is 1. The molecule has 0 aromatic carbocycles. The Kier molecular flexibility index (Phi) is 4.17. The molecule has 0 saturated heterocycles. The monoisotopic (exact) mass is 262 g/mol. The van der Waals surface area contributed by atoms with Crippen molar-refractivity contribution in [1.29, 1.82) is 5.26 Å². The molecule has 6 nitrogen and oxygen atoms in total. The summed E-state index contributed by atoms with van der Waals surface area (Å²) in [5.41, 5.74) is 7.59. The van der Waals surface area contributed by atoms with Gasteiger partial charge in [0.25, 0.3) is 0 Å². The predicted octanol–water partition coefficient (Wildman–Crippen LogP) is 1.26. The maximum absolute atomic E-state index is 11.3. The first-order valence-electron chi connectivity index (χ1n) is 6.59. The summed E-state index contributed by atoms with van der Waals surface area (Å²) in [6.45, 7) is 1.01. The van der Waals surface area contributed by atoms with Crippen LogP contribution in [0.2, 0.25) is 0 Å². The highest BCUT2D eigenvalue weighted by molar-refractivity contribution is 5.87. The van der Waals surface area contributed by atoms with Crippen LogP contribution in [-0.2, 0) is 13.0 Å². The molecule has 102 valence electrons. The molecule has 1 atom stereocenters. The van der Waals surface area contributed by atoms with Crippen LogP contribution in [0.25, 0.3) is 0 Å². The number of rotatable bonds is 5. The maximum Gasteiger partial charge on any atom is 0.356 e. The van der Waals surface area contributed by atoms with Crippen LogP contribution >= 0.6 is 0 Å². The van der Waals surface area contributed by atoms with Crippen molar-refractivity contribution in [2.75, 3.05) is 6.54 Å².